The van der Waals surface area contributed by atoms with Gasteiger partial charge in [0.15, 0.2) is 35.6 Å². The molecule has 2 aliphatic rings. The topological polar surface area (TPSA) is 195 Å². The Hall–Kier alpha value is -4.31. The van der Waals surface area contributed by atoms with Crippen molar-refractivity contribution >= 4 is 28.9 Å². The molecule has 2 saturated heterocycles. The Morgan fingerprint density at radius 3 is 2.32 bits per heavy atom. The molecule has 2 fully saturated rings. The third-order valence-electron chi connectivity index (χ3n) is 8.42. The fourth-order valence-electron chi connectivity index (χ4n) is 5.70. The number of hydrogen-bond donors (Lipinski definition) is 0. The highest BCUT2D eigenvalue weighted by molar-refractivity contribution is 5.82. The molecule has 2 aromatic rings. The number of aryl methyl sites for hydroxylation is 1. The monoisotopic (exact) mass is 667 g/mol. The van der Waals surface area contributed by atoms with Gasteiger partial charge in [0, 0.05) is 36.1 Å². The van der Waals surface area contributed by atoms with E-state index < -0.39 is 95.5 Å². The third-order valence-corrected chi connectivity index (χ3v) is 8.42. The number of esters is 3. The zero-order valence-corrected chi connectivity index (χ0v) is 26.6. The van der Waals surface area contributed by atoms with Gasteiger partial charge < -0.3 is 37.6 Å². The second-order valence-electron chi connectivity index (χ2n) is 11.5. The van der Waals surface area contributed by atoms with Crippen molar-refractivity contribution in [2.75, 3.05) is 13.7 Å². The first-order valence-corrected chi connectivity index (χ1v) is 14.7. The Bertz CT molecular complexity index is 1630. The lowest BCUT2D eigenvalue weighted by molar-refractivity contribution is -0.314. The van der Waals surface area contributed by atoms with Gasteiger partial charge in [0.05, 0.1) is 19.3 Å². The van der Waals surface area contributed by atoms with Crippen LogP contribution in [0.1, 0.15) is 40.2 Å². The van der Waals surface area contributed by atoms with Gasteiger partial charge in [-0.1, -0.05) is 25.9 Å². The van der Waals surface area contributed by atoms with E-state index in [-0.39, 0.29) is 29.4 Å². The third kappa shape index (κ3) is 7.48. The summed E-state index contributed by atoms with van der Waals surface area (Å²) in [5, 5.41) is 3.81. The van der Waals surface area contributed by atoms with Crippen molar-refractivity contribution in [2.24, 2.45) is 22.9 Å². The van der Waals surface area contributed by atoms with E-state index in [1.807, 2.05) is 6.92 Å². The molecule has 4 rings (SSSR count). The maximum atomic E-state index is 15.6. The predicted molar refractivity (Wildman–Crippen MR) is 155 cm³/mol. The van der Waals surface area contributed by atoms with Gasteiger partial charge in [-0.15, -0.1) is 0 Å². The maximum Gasteiger partial charge on any atom is 0.337 e. The van der Waals surface area contributed by atoms with Crippen LogP contribution in [0.2, 0.25) is 0 Å². The first kappa shape index (κ1) is 35.5. The molecular formula is C30H35F2N3O12. The molecule has 0 amide bonds. The van der Waals surface area contributed by atoms with E-state index in [1.54, 1.807) is 6.92 Å². The van der Waals surface area contributed by atoms with E-state index in [4.69, 9.17) is 37.6 Å². The van der Waals surface area contributed by atoms with Gasteiger partial charge in [-0.3, -0.25) is 9.59 Å². The SMILES string of the molecule is COC(=O)C1O[C@@H](Oc2c(F)cc3c(C)cc(=O)oc3c2F)C(OC(C)=O)[C@@H](C)[C@@H]1O[C@H]1OC(COC(C)=O)[C@@H](C)[C@H](C)C1N=[N+]=[N-]. The van der Waals surface area contributed by atoms with Crippen molar-refractivity contribution in [3.8, 4) is 5.75 Å². The van der Waals surface area contributed by atoms with Gasteiger partial charge in [0.25, 0.3) is 0 Å². The summed E-state index contributed by atoms with van der Waals surface area (Å²) in [6.45, 7) is 8.72. The molecule has 0 spiro atoms. The average Bonchev–Trinajstić information content (AvgIpc) is 3.00. The zero-order chi connectivity index (χ0) is 34.7. The Morgan fingerprint density at radius 1 is 1.00 bits per heavy atom. The summed E-state index contributed by atoms with van der Waals surface area (Å²) < 4.78 is 75.1. The van der Waals surface area contributed by atoms with Gasteiger partial charge >= 0.3 is 23.5 Å². The second kappa shape index (κ2) is 14.6. The minimum Gasteiger partial charge on any atom is -0.467 e. The lowest BCUT2D eigenvalue weighted by Gasteiger charge is -2.47. The first-order chi connectivity index (χ1) is 22.2. The largest absolute Gasteiger partial charge is 0.467 e. The molecule has 47 heavy (non-hydrogen) atoms. The predicted octanol–water partition coefficient (Wildman–Crippen LogP) is 3.85. The van der Waals surface area contributed by atoms with E-state index in [1.165, 1.54) is 20.8 Å². The standard InChI is InChI=1S/C30H35F2N3O12/c1-11-8-20(38)44-25-17(11)9-18(31)26(21(25)32)46-30-24(42-16(6)37)14(4)23(27(47-30)28(39)40-7)45-29-22(34-35-33)13(3)12(2)19(43-29)10-41-15(5)36/h8-9,12-14,19,22-24,27,29-30H,10H2,1-7H3/t12-,13-,14-,19?,22?,23-,24?,27?,29+,30+/m0/s1. The molecule has 1 aromatic carbocycles. The van der Waals surface area contributed by atoms with Crippen LogP contribution >= 0.6 is 0 Å². The molecular weight excluding hydrogens is 632 g/mol. The number of carbonyl (C=O) groups is 3. The van der Waals surface area contributed by atoms with Gasteiger partial charge in [0.1, 0.15) is 12.7 Å². The minimum atomic E-state index is -1.81. The molecule has 0 N–H and O–H groups in total. The smallest absolute Gasteiger partial charge is 0.337 e. The number of methoxy groups -OCH3 is 1. The molecule has 0 bridgehead atoms. The lowest BCUT2D eigenvalue weighted by atomic mass is 9.82. The van der Waals surface area contributed by atoms with E-state index >= 15 is 8.78 Å². The van der Waals surface area contributed by atoms with Crippen LogP contribution in [0.25, 0.3) is 21.4 Å². The van der Waals surface area contributed by atoms with Crippen molar-refractivity contribution in [3.63, 3.8) is 0 Å². The van der Waals surface area contributed by atoms with Gasteiger partial charge in [0.2, 0.25) is 12.1 Å². The number of benzene rings is 1. The number of hydrogen-bond acceptors (Lipinski definition) is 13. The van der Waals surface area contributed by atoms with Gasteiger partial charge in [-0.25, -0.2) is 14.0 Å². The highest BCUT2D eigenvalue weighted by Gasteiger charge is 2.54. The number of halogens is 2. The van der Waals surface area contributed by atoms with Crippen LogP contribution in [-0.2, 0) is 42.8 Å². The number of carbonyl (C=O) groups excluding carboxylic acids is 3. The van der Waals surface area contributed by atoms with Crippen molar-refractivity contribution in [1.82, 2.24) is 0 Å². The molecule has 1 aromatic heterocycles. The van der Waals surface area contributed by atoms with Gasteiger partial charge in [-0.2, -0.15) is 4.39 Å². The molecule has 0 aliphatic carbocycles. The van der Waals surface area contributed by atoms with Crippen LogP contribution in [0.3, 0.4) is 0 Å². The lowest BCUT2D eigenvalue weighted by Crippen LogP contribution is -2.62. The van der Waals surface area contributed by atoms with Gasteiger partial charge in [-0.05, 0) is 35.9 Å². The van der Waals surface area contributed by atoms with Crippen LogP contribution in [0.4, 0.5) is 8.78 Å². The Labute approximate surface area is 266 Å². The number of rotatable bonds is 9. The summed E-state index contributed by atoms with van der Waals surface area (Å²) in [6.07, 6.45) is -8.29. The van der Waals surface area contributed by atoms with Crippen LogP contribution in [0.5, 0.6) is 5.75 Å². The van der Waals surface area contributed by atoms with Crippen LogP contribution in [0.15, 0.2) is 26.5 Å². The molecule has 3 heterocycles. The molecule has 0 saturated carbocycles. The summed E-state index contributed by atoms with van der Waals surface area (Å²) in [5.74, 6) is -7.64. The van der Waals surface area contributed by atoms with E-state index in [9.17, 15) is 24.7 Å². The van der Waals surface area contributed by atoms with Crippen molar-refractivity contribution in [3.05, 3.63) is 50.2 Å². The first-order valence-electron chi connectivity index (χ1n) is 14.7. The number of ether oxygens (including phenoxy) is 7. The maximum absolute atomic E-state index is 15.6. The number of nitrogens with zero attached hydrogens (tertiary/aromatic N) is 3. The highest BCUT2D eigenvalue weighted by Crippen LogP contribution is 2.40. The van der Waals surface area contributed by atoms with Crippen LogP contribution in [0, 0.1) is 36.3 Å². The molecule has 2 aliphatic heterocycles. The molecule has 10 atom stereocenters. The molecule has 4 unspecified atom stereocenters. The Morgan fingerprint density at radius 2 is 1.70 bits per heavy atom. The summed E-state index contributed by atoms with van der Waals surface area (Å²) in [7, 11) is 1.06. The van der Waals surface area contributed by atoms with Crippen molar-refractivity contribution in [1.29, 1.82) is 0 Å². The summed E-state index contributed by atoms with van der Waals surface area (Å²) >= 11 is 0. The Kier molecular flexibility index (Phi) is 11.1. The Balaban J connectivity index is 1.72. The molecule has 17 heteroatoms. The fraction of sp³-hybridized carbons (Fsp3) is 0.600. The van der Waals surface area contributed by atoms with Crippen molar-refractivity contribution in [2.45, 2.75) is 84.6 Å². The zero-order valence-electron chi connectivity index (χ0n) is 26.6. The summed E-state index contributed by atoms with van der Waals surface area (Å²) in [6, 6.07) is 1.02. The number of azide groups is 1. The van der Waals surface area contributed by atoms with Crippen LogP contribution < -0.4 is 10.4 Å². The van der Waals surface area contributed by atoms with E-state index in [2.05, 4.69) is 10.0 Å². The molecule has 256 valence electrons. The minimum absolute atomic E-state index is 0.0278. The molecule has 15 nitrogen and oxygen atoms in total. The van der Waals surface area contributed by atoms with E-state index in [0.717, 1.165) is 26.2 Å². The average molecular weight is 668 g/mol. The molecule has 0 radical (unpaired) electrons. The number of fused-ring (bicyclic) bond motifs is 1. The highest BCUT2D eigenvalue weighted by atomic mass is 19.1. The fourth-order valence-corrected chi connectivity index (χ4v) is 5.70. The van der Waals surface area contributed by atoms with Crippen LogP contribution in [-0.4, -0.2) is 74.7 Å². The quantitative estimate of drug-likeness (QED) is 0.0937. The van der Waals surface area contributed by atoms with Crippen molar-refractivity contribution < 1.29 is 60.7 Å². The van der Waals surface area contributed by atoms with E-state index in [0.29, 0.717) is 0 Å². The summed E-state index contributed by atoms with van der Waals surface area (Å²) in [4.78, 5) is 51.6. The normalized spacial score (nSPS) is 30.6. The summed E-state index contributed by atoms with van der Waals surface area (Å²) in [5.41, 5.74) is 8.06. The second-order valence-corrected chi connectivity index (χ2v) is 11.5.